The van der Waals surface area contributed by atoms with Crippen LogP contribution in [0.3, 0.4) is 0 Å². The van der Waals surface area contributed by atoms with Crippen molar-refractivity contribution in [3.05, 3.63) is 23.9 Å². The van der Waals surface area contributed by atoms with Gasteiger partial charge in [-0.1, -0.05) is 6.07 Å². The molecule has 1 aliphatic heterocycles. The Labute approximate surface area is 135 Å². The number of alkyl halides is 1. The zero-order chi connectivity index (χ0) is 17.2. The van der Waals surface area contributed by atoms with Crippen molar-refractivity contribution in [3.8, 4) is 0 Å². The van der Waals surface area contributed by atoms with Crippen LogP contribution in [0.15, 0.2) is 18.2 Å². The number of ether oxygens (including phenoxy) is 1. The predicted octanol–water partition coefficient (Wildman–Crippen LogP) is 2.68. The van der Waals surface area contributed by atoms with Gasteiger partial charge in [-0.2, -0.15) is 0 Å². The molecule has 1 aromatic heterocycles. The smallest absolute Gasteiger partial charge is 0.411 e. The first kappa shape index (κ1) is 17.2. The summed E-state index contributed by atoms with van der Waals surface area (Å²) in [6, 6.07) is 4.30. The van der Waals surface area contributed by atoms with Gasteiger partial charge >= 0.3 is 6.09 Å². The lowest BCUT2D eigenvalue weighted by atomic mass is 10.2. The summed E-state index contributed by atoms with van der Waals surface area (Å²) in [4.78, 5) is 29.9. The number of nitrogens with one attached hydrogen (secondary N) is 1. The highest BCUT2D eigenvalue weighted by atomic mass is 19.1. The number of hydrogen-bond acceptors (Lipinski definition) is 4. The van der Waals surface area contributed by atoms with Crippen LogP contribution in [0.2, 0.25) is 0 Å². The molecule has 7 heteroatoms. The highest BCUT2D eigenvalue weighted by molar-refractivity contribution is 5.96. The molecule has 1 aromatic rings. The van der Waals surface area contributed by atoms with Gasteiger partial charge in [0.25, 0.3) is 0 Å². The fourth-order valence-electron chi connectivity index (χ4n) is 2.38. The predicted molar refractivity (Wildman–Crippen MR) is 83.8 cm³/mol. The Morgan fingerprint density at radius 2 is 2.09 bits per heavy atom. The molecule has 0 saturated carbocycles. The zero-order valence-electron chi connectivity index (χ0n) is 13.8. The molecule has 0 radical (unpaired) electrons. The zero-order valence-corrected chi connectivity index (χ0v) is 13.8. The van der Waals surface area contributed by atoms with Gasteiger partial charge in [0, 0.05) is 12.1 Å². The number of aromatic nitrogens is 1. The van der Waals surface area contributed by atoms with Gasteiger partial charge in [0.15, 0.2) is 0 Å². The Bertz CT molecular complexity index is 600. The molecule has 2 amide bonds. The SMILES string of the molecule is Cc1cccc(NC(=O)C2CC(F)CN2C(=O)OC(C)(C)C)n1. The fourth-order valence-corrected chi connectivity index (χ4v) is 2.38. The second-order valence-electron chi connectivity index (χ2n) is 6.63. The van der Waals surface area contributed by atoms with Crippen molar-refractivity contribution in [3.63, 3.8) is 0 Å². The molecule has 126 valence electrons. The van der Waals surface area contributed by atoms with E-state index in [0.717, 1.165) is 10.6 Å². The van der Waals surface area contributed by atoms with Crippen molar-refractivity contribution in [1.82, 2.24) is 9.88 Å². The van der Waals surface area contributed by atoms with E-state index in [1.165, 1.54) is 0 Å². The summed E-state index contributed by atoms with van der Waals surface area (Å²) < 4.78 is 19.0. The lowest BCUT2D eigenvalue weighted by Gasteiger charge is -2.27. The summed E-state index contributed by atoms with van der Waals surface area (Å²) >= 11 is 0. The molecule has 0 aromatic carbocycles. The number of likely N-dealkylation sites (tertiary alicyclic amines) is 1. The monoisotopic (exact) mass is 323 g/mol. The summed E-state index contributed by atoms with van der Waals surface area (Å²) in [5.74, 6) is -0.0874. The van der Waals surface area contributed by atoms with Crippen LogP contribution in [-0.2, 0) is 9.53 Å². The topological polar surface area (TPSA) is 71.5 Å². The highest BCUT2D eigenvalue weighted by Gasteiger charge is 2.41. The minimum Gasteiger partial charge on any atom is -0.444 e. The molecule has 1 N–H and O–H groups in total. The molecule has 0 spiro atoms. The number of pyridine rings is 1. The van der Waals surface area contributed by atoms with Crippen molar-refractivity contribution < 1.29 is 18.7 Å². The van der Waals surface area contributed by atoms with E-state index in [1.54, 1.807) is 45.9 Å². The van der Waals surface area contributed by atoms with Gasteiger partial charge < -0.3 is 10.1 Å². The molecule has 23 heavy (non-hydrogen) atoms. The van der Waals surface area contributed by atoms with E-state index in [4.69, 9.17) is 4.74 Å². The Morgan fingerprint density at radius 1 is 1.39 bits per heavy atom. The number of aryl methyl sites for hydroxylation is 1. The minimum absolute atomic E-state index is 0.0448. The average Bonchev–Trinajstić information content (AvgIpc) is 2.79. The Balaban J connectivity index is 2.09. The second-order valence-corrected chi connectivity index (χ2v) is 6.63. The maximum Gasteiger partial charge on any atom is 0.411 e. The molecule has 2 heterocycles. The molecule has 2 atom stereocenters. The van der Waals surface area contributed by atoms with E-state index >= 15 is 0 Å². The summed E-state index contributed by atoms with van der Waals surface area (Å²) in [7, 11) is 0. The molecule has 0 aliphatic carbocycles. The quantitative estimate of drug-likeness (QED) is 0.908. The molecule has 6 nitrogen and oxygen atoms in total. The Kier molecular flexibility index (Phi) is 4.87. The van der Waals surface area contributed by atoms with E-state index < -0.39 is 29.8 Å². The van der Waals surface area contributed by atoms with Crippen LogP contribution in [0.5, 0.6) is 0 Å². The summed E-state index contributed by atoms with van der Waals surface area (Å²) in [6.45, 7) is 6.82. The summed E-state index contributed by atoms with van der Waals surface area (Å²) in [5.41, 5.74) is 0.0477. The highest BCUT2D eigenvalue weighted by Crippen LogP contribution is 2.24. The first-order valence-electron chi connectivity index (χ1n) is 7.54. The van der Waals surface area contributed by atoms with Crippen LogP contribution in [0.1, 0.15) is 32.9 Å². The molecular formula is C16H22FN3O3. The third-order valence-corrected chi connectivity index (χ3v) is 3.32. The van der Waals surface area contributed by atoms with Gasteiger partial charge in [0.2, 0.25) is 5.91 Å². The van der Waals surface area contributed by atoms with Crippen LogP contribution in [0.25, 0.3) is 0 Å². The molecule has 0 bridgehead atoms. The van der Waals surface area contributed by atoms with Crippen molar-refractivity contribution in [1.29, 1.82) is 0 Å². The summed E-state index contributed by atoms with van der Waals surface area (Å²) in [6.07, 6.45) is -1.98. The second kappa shape index (κ2) is 6.52. The Hall–Kier alpha value is -2.18. The molecule has 1 aliphatic rings. The van der Waals surface area contributed by atoms with Crippen molar-refractivity contribution in [2.75, 3.05) is 11.9 Å². The van der Waals surface area contributed by atoms with Crippen LogP contribution < -0.4 is 5.32 Å². The van der Waals surface area contributed by atoms with Crippen LogP contribution in [0.4, 0.5) is 15.0 Å². The maximum atomic E-state index is 13.7. The number of amides is 2. The van der Waals surface area contributed by atoms with Crippen LogP contribution >= 0.6 is 0 Å². The maximum absolute atomic E-state index is 13.7. The molecule has 2 rings (SSSR count). The van der Waals surface area contributed by atoms with E-state index in [1.807, 2.05) is 0 Å². The average molecular weight is 323 g/mol. The lowest BCUT2D eigenvalue weighted by molar-refractivity contribution is -0.120. The van der Waals surface area contributed by atoms with E-state index in [-0.39, 0.29) is 13.0 Å². The van der Waals surface area contributed by atoms with Gasteiger partial charge in [0.05, 0.1) is 6.54 Å². The Morgan fingerprint density at radius 3 is 2.70 bits per heavy atom. The van der Waals surface area contributed by atoms with Gasteiger partial charge in [-0.3, -0.25) is 9.69 Å². The molecule has 1 fully saturated rings. The number of anilines is 1. The van der Waals surface area contributed by atoms with E-state index in [2.05, 4.69) is 10.3 Å². The van der Waals surface area contributed by atoms with Gasteiger partial charge in [-0.25, -0.2) is 14.2 Å². The van der Waals surface area contributed by atoms with Gasteiger partial charge in [0.1, 0.15) is 23.6 Å². The minimum atomic E-state index is -1.25. The number of carbonyl (C=O) groups excluding carboxylic acids is 2. The molecular weight excluding hydrogens is 301 g/mol. The largest absolute Gasteiger partial charge is 0.444 e. The van der Waals surface area contributed by atoms with Crippen molar-refractivity contribution in [2.24, 2.45) is 0 Å². The van der Waals surface area contributed by atoms with Crippen LogP contribution in [-0.4, -0.2) is 46.2 Å². The number of rotatable bonds is 2. The fraction of sp³-hybridized carbons (Fsp3) is 0.562. The van der Waals surface area contributed by atoms with Gasteiger partial charge in [-0.15, -0.1) is 0 Å². The van der Waals surface area contributed by atoms with Crippen molar-refractivity contribution in [2.45, 2.75) is 51.9 Å². The number of carbonyl (C=O) groups is 2. The first-order chi connectivity index (χ1) is 10.7. The number of nitrogens with zero attached hydrogens (tertiary/aromatic N) is 2. The third kappa shape index (κ3) is 4.64. The lowest BCUT2D eigenvalue weighted by Crippen LogP contribution is -2.45. The number of hydrogen-bond donors (Lipinski definition) is 1. The van der Waals surface area contributed by atoms with Crippen LogP contribution in [0, 0.1) is 6.92 Å². The van der Waals surface area contributed by atoms with Crippen molar-refractivity contribution >= 4 is 17.8 Å². The standard InChI is InChI=1S/C16H22FN3O3/c1-10-6-5-7-13(18-10)19-14(21)12-8-11(17)9-20(12)15(22)23-16(2,3)4/h5-7,11-12H,8-9H2,1-4H3,(H,18,19,21). The first-order valence-corrected chi connectivity index (χ1v) is 7.54. The van der Waals surface area contributed by atoms with E-state index in [0.29, 0.717) is 5.82 Å². The summed E-state index contributed by atoms with van der Waals surface area (Å²) in [5, 5.41) is 2.63. The normalized spacial score (nSPS) is 21.2. The molecule has 1 saturated heterocycles. The van der Waals surface area contributed by atoms with E-state index in [9.17, 15) is 14.0 Å². The third-order valence-electron chi connectivity index (χ3n) is 3.32. The number of halogens is 1. The molecule has 2 unspecified atom stereocenters. The van der Waals surface area contributed by atoms with Gasteiger partial charge in [-0.05, 0) is 39.8 Å².